The van der Waals surface area contributed by atoms with E-state index < -0.39 is 0 Å². The van der Waals surface area contributed by atoms with Crippen molar-refractivity contribution < 1.29 is 4.79 Å². The summed E-state index contributed by atoms with van der Waals surface area (Å²) in [5.41, 5.74) is 3.30. The standard InChI is InChI=1S/C23H28N2O/c26-22(23(14-4-5-15-23)20-8-2-1-3-9-20)24-18-19-10-12-21(13-11-19)25-16-6-7-17-25/h1-3,8-13H,4-7,14-18H2,(H,24,26). The van der Waals surface area contributed by atoms with E-state index in [1.807, 2.05) is 18.2 Å². The van der Waals surface area contributed by atoms with Crippen LogP contribution >= 0.6 is 0 Å². The quantitative estimate of drug-likeness (QED) is 0.868. The molecule has 0 unspecified atom stereocenters. The van der Waals surface area contributed by atoms with E-state index in [2.05, 4.69) is 46.6 Å². The van der Waals surface area contributed by atoms with Gasteiger partial charge in [0.25, 0.3) is 0 Å². The molecule has 1 aliphatic carbocycles. The lowest BCUT2D eigenvalue weighted by atomic mass is 9.78. The Balaban J connectivity index is 1.42. The number of carbonyl (C=O) groups is 1. The van der Waals surface area contributed by atoms with Crippen LogP contribution in [0.4, 0.5) is 5.69 Å². The Labute approximate surface area is 156 Å². The molecule has 26 heavy (non-hydrogen) atoms. The van der Waals surface area contributed by atoms with E-state index in [9.17, 15) is 4.79 Å². The van der Waals surface area contributed by atoms with Crippen molar-refractivity contribution in [3.8, 4) is 0 Å². The highest BCUT2D eigenvalue weighted by atomic mass is 16.2. The van der Waals surface area contributed by atoms with Crippen LogP contribution in [0.25, 0.3) is 0 Å². The van der Waals surface area contributed by atoms with E-state index in [1.165, 1.54) is 29.7 Å². The largest absolute Gasteiger partial charge is 0.372 e. The van der Waals surface area contributed by atoms with Gasteiger partial charge in [-0.25, -0.2) is 0 Å². The molecule has 2 aromatic rings. The fourth-order valence-corrected chi connectivity index (χ4v) is 4.53. The first-order valence-corrected chi connectivity index (χ1v) is 9.96. The van der Waals surface area contributed by atoms with Gasteiger partial charge in [-0.3, -0.25) is 4.79 Å². The van der Waals surface area contributed by atoms with E-state index in [0.29, 0.717) is 6.54 Å². The van der Waals surface area contributed by atoms with Gasteiger partial charge < -0.3 is 10.2 Å². The zero-order valence-corrected chi connectivity index (χ0v) is 15.4. The molecule has 1 aliphatic heterocycles. The van der Waals surface area contributed by atoms with Crippen LogP contribution in [0.15, 0.2) is 54.6 Å². The van der Waals surface area contributed by atoms with Gasteiger partial charge in [0.2, 0.25) is 5.91 Å². The molecule has 3 heteroatoms. The lowest BCUT2D eigenvalue weighted by Crippen LogP contribution is -2.42. The van der Waals surface area contributed by atoms with Gasteiger partial charge in [-0.15, -0.1) is 0 Å². The van der Waals surface area contributed by atoms with Gasteiger partial charge in [0.05, 0.1) is 5.41 Å². The maximum absolute atomic E-state index is 13.1. The molecule has 0 atom stereocenters. The van der Waals surface area contributed by atoms with E-state index in [1.54, 1.807) is 0 Å². The summed E-state index contributed by atoms with van der Waals surface area (Å²) < 4.78 is 0. The first-order valence-electron chi connectivity index (χ1n) is 9.96. The van der Waals surface area contributed by atoms with Gasteiger partial charge in [-0.05, 0) is 48.9 Å². The summed E-state index contributed by atoms with van der Waals surface area (Å²) in [6, 6.07) is 19.0. The van der Waals surface area contributed by atoms with Crippen LogP contribution in [0.2, 0.25) is 0 Å². The smallest absolute Gasteiger partial charge is 0.230 e. The van der Waals surface area contributed by atoms with Crippen LogP contribution in [-0.2, 0) is 16.8 Å². The van der Waals surface area contributed by atoms with E-state index in [0.717, 1.165) is 38.8 Å². The van der Waals surface area contributed by atoms with Crippen molar-refractivity contribution in [3.63, 3.8) is 0 Å². The van der Waals surface area contributed by atoms with Gasteiger partial charge in [0.15, 0.2) is 0 Å². The number of hydrogen-bond donors (Lipinski definition) is 1. The first-order chi connectivity index (χ1) is 12.8. The van der Waals surface area contributed by atoms with E-state index in [4.69, 9.17) is 0 Å². The summed E-state index contributed by atoms with van der Waals surface area (Å²) in [6.45, 7) is 2.93. The molecule has 3 nitrogen and oxygen atoms in total. The number of nitrogens with one attached hydrogen (secondary N) is 1. The van der Waals surface area contributed by atoms with Crippen molar-refractivity contribution in [2.75, 3.05) is 18.0 Å². The van der Waals surface area contributed by atoms with Gasteiger partial charge in [-0.2, -0.15) is 0 Å². The summed E-state index contributed by atoms with van der Waals surface area (Å²) in [6.07, 6.45) is 6.76. The van der Waals surface area contributed by atoms with Gasteiger partial charge >= 0.3 is 0 Å². The van der Waals surface area contributed by atoms with Crippen molar-refractivity contribution in [2.24, 2.45) is 0 Å². The molecule has 0 radical (unpaired) electrons. The first kappa shape index (κ1) is 17.1. The average Bonchev–Trinajstić information content (AvgIpc) is 3.40. The summed E-state index contributed by atoms with van der Waals surface area (Å²) in [4.78, 5) is 15.5. The molecule has 2 aromatic carbocycles. The molecular weight excluding hydrogens is 320 g/mol. The predicted octanol–water partition coefficient (Wildman–Crippen LogP) is 4.42. The van der Waals surface area contributed by atoms with Crippen LogP contribution in [0.5, 0.6) is 0 Å². The molecule has 2 aliphatic rings. The molecule has 1 amide bonds. The second-order valence-corrected chi connectivity index (χ2v) is 7.70. The lowest BCUT2D eigenvalue weighted by Gasteiger charge is -2.28. The third kappa shape index (κ3) is 3.35. The minimum absolute atomic E-state index is 0.185. The summed E-state index contributed by atoms with van der Waals surface area (Å²) in [5.74, 6) is 0.185. The van der Waals surface area contributed by atoms with Crippen LogP contribution in [-0.4, -0.2) is 19.0 Å². The van der Waals surface area contributed by atoms with Crippen LogP contribution in [0.1, 0.15) is 49.7 Å². The topological polar surface area (TPSA) is 32.3 Å². The maximum atomic E-state index is 13.1. The van der Waals surface area contributed by atoms with Crippen molar-refractivity contribution >= 4 is 11.6 Å². The number of hydrogen-bond acceptors (Lipinski definition) is 2. The van der Waals surface area contributed by atoms with Crippen molar-refractivity contribution in [2.45, 2.75) is 50.5 Å². The van der Waals surface area contributed by atoms with Gasteiger partial charge in [0, 0.05) is 25.3 Å². The third-order valence-corrected chi connectivity index (χ3v) is 6.08. The molecule has 136 valence electrons. The Morgan fingerprint density at radius 1 is 0.885 bits per heavy atom. The van der Waals surface area contributed by atoms with E-state index in [-0.39, 0.29) is 11.3 Å². The highest BCUT2D eigenvalue weighted by molar-refractivity contribution is 5.88. The number of rotatable bonds is 5. The minimum atomic E-state index is -0.337. The molecule has 1 saturated carbocycles. The van der Waals surface area contributed by atoms with Gasteiger partial charge in [0.1, 0.15) is 0 Å². The molecule has 1 heterocycles. The third-order valence-electron chi connectivity index (χ3n) is 6.08. The van der Waals surface area contributed by atoms with Crippen LogP contribution in [0.3, 0.4) is 0 Å². The monoisotopic (exact) mass is 348 g/mol. The normalized spacial score (nSPS) is 18.8. The van der Waals surface area contributed by atoms with Crippen molar-refractivity contribution in [3.05, 3.63) is 65.7 Å². The van der Waals surface area contributed by atoms with Crippen LogP contribution in [0, 0.1) is 0 Å². The summed E-state index contributed by atoms with van der Waals surface area (Å²) >= 11 is 0. The van der Waals surface area contributed by atoms with Crippen molar-refractivity contribution in [1.82, 2.24) is 5.32 Å². The lowest BCUT2D eigenvalue weighted by molar-refractivity contribution is -0.126. The molecule has 0 spiro atoms. The Morgan fingerprint density at radius 3 is 2.19 bits per heavy atom. The van der Waals surface area contributed by atoms with Crippen LogP contribution < -0.4 is 10.2 Å². The number of anilines is 1. The summed E-state index contributed by atoms with van der Waals surface area (Å²) in [5, 5.41) is 3.22. The second-order valence-electron chi connectivity index (χ2n) is 7.70. The molecule has 1 saturated heterocycles. The highest BCUT2D eigenvalue weighted by Crippen LogP contribution is 2.41. The van der Waals surface area contributed by atoms with Gasteiger partial charge in [-0.1, -0.05) is 55.3 Å². The number of amides is 1. The number of nitrogens with zero attached hydrogens (tertiary/aromatic N) is 1. The Hall–Kier alpha value is -2.29. The Morgan fingerprint density at radius 2 is 1.54 bits per heavy atom. The number of benzene rings is 2. The number of carbonyl (C=O) groups excluding carboxylic acids is 1. The fraction of sp³-hybridized carbons (Fsp3) is 0.435. The molecule has 1 N–H and O–H groups in total. The molecule has 2 fully saturated rings. The zero-order valence-electron chi connectivity index (χ0n) is 15.4. The average molecular weight is 348 g/mol. The zero-order chi connectivity index (χ0) is 17.8. The Kier molecular flexibility index (Phi) is 4.96. The minimum Gasteiger partial charge on any atom is -0.372 e. The fourth-order valence-electron chi connectivity index (χ4n) is 4.53. The predicted molar refractivity (Wildman–Crippen MR) is 106 cm³/mol. The van der Waals surface area contributed by atoms with Crippen molar-refractivity contribution in [1.29, 1.82) is 0 Å². The SMILES string of the molecule is O=C(NCc1ccc(N2CCCC2)cc1)C1(c2ccccc2)CCCC1. The molecule has 0 bridgehead atoms. The summed E-state index contributed by atoms with van der Waals surface area (Å²) in [7, 11) is 0. The molecular formula is C23H28N2O. The Bertz CT molecular complexity index is 727. The molecule has 4 rings (SSSR count). The molecule has 0 aromatic heterocycles. The highest BCUT2D eigenvalue weighted by Gasteiger charge is 2.42. The van der Waals surface area contributed by atoms with E-state index >= 15 is 0 Å². The second kappa shape index (κ2) is 7.53. The maximum Gasteiger partial charge on any atom is 0.230 e.